The van der Waals surface area contributed by atoms with Crippen LogP contribution in [0.1, 0.15) is 44.5 Å². The van der Waals surface area contributed by atoms with E-state index < -0.39 is 0 Å². The number of phenols is 1. The van der Waals surface area contributed by atoms with Crippen molar-refractivity contribution < 1.29 is 9.84 Å². The average molecular weight is 377 g/mol. The van der Waals surface area contributed by atoms with Crippen molar-refractivity contribution in [3.05, 3.63) is 40.0 Å². The molecule has 0 spiro atoms. The van der Waals surface area contributed by atoms with Gasteiger partial charge in [0.25, 0.3) is 0 Å². The van der Waals surface area contributed by atoms with E-state index in [1.807, 2.05) is 19.1 Å². The summed E-state index contributed by atoms with van der Waals surface area (Å²) in [5.41, 5.74) is 0.962. The number of aromatic nitrogens is 3. The lowest BCUT2D eigenvalue weighted by molar-refractivity contribution is 0.317. The normalized spacial score (nSPS) is 19.0. The molecule has 1 atom stereocenters. The van der Waals surface area contributed by atoms with Gasteiger partial charge in [0.05, 0.1) is 6.61 Å². The van der Waals surface area contributed by atoms with E-state index in [-0.39, 0.29) is 16.5 Å². The number of rotatable bonds is 3. The Hall–Kier alpha value is -1.80. The zero-order chi connectivity index (χ0) is 17.8. The standard InChI is InChI=1S/C17H20N4O2S2/c1-5-23-12-8-10(6-7-11(12)22)14-20-13(9-24-14)25-16-19-18-15(21(16)20)17(2,3)4/h6-9,14,22H,5H2,1-4H3. The number of ether oxygens (including phenoxy) is 1. The largest absolute Gasteiger partial charge is 0.504 e. The summed E-state index contributed by atoms with van der Waals surface area (Å²) in [5.74, 6) is 1.62. The molecular formula is C17H20N4O2S2. The minimum atomic E-state index is -0.107. The summed E-state index contributed by atoms with van der Waals surface area (Å²) in [4.78, 5) is 0. The van der Waals surface area contributed by atoms with Gasteiger partial charge >= 0.3 is 0 Å². The fraction of sp³-hybridized carbons (Fsp3) is 0.412. The van der Waals surface area contributed by atoms with Gasteiger partial charge in [-0.2, -0.15) is 0 Å². The van der Waals surface area contributed by atoms with Gasteiger partial charge in [-0.25, -0.2) is 4.68 Å². The maximum absolute atomic E-state index is 9.98. The molecule has 4 rings (SSSR count). The van der Waals surface area contributed by atoms with Gasteiger partial charge in [0, 0.05) is 10.8 Å². The highest BCUT2D eigenvalue weighted by Gasteiger charge is 2.41. The minimum Gasteiger partial charge on any atom is -0.504 e. The van der Waals surface area contributed by atoms with Crippen LogP contribution in [0.3, 0.4) is 0 Å². The molecule has 0 aliphatic carbocycles. The van der Waals surface area contributed by atoms with E-state index in [4.69, 9.17) is 4.74 Å². The van der Waals surface area contributed by atoms with E-state index in [0.717, 1.165) is 21.6 Å². The molecule has 0 bridgehead atoms. The lowest BCUT2D eigenvalue weighted by Gasteiger charge is -2.29. The zero-order valence-corrected chi connectivity index (χ0v) is 16.2. The molecule has 1 N–H and O–H groups in total. The Balaban J connectivity index is 1.75. The van der Waals surface area contributed by atoms with Gasteiger partial charge in [0.15, 0.2) is 17.3 Å². The number of fused-ring (bicyclic) bond motifs is 3. The third kappa shape index (κ3) is 2.67. The lowest BCUT2D eigenvalue weighted by atomic mass is 9.96. The molecule has 1 unspecified atom stereocenters. The molecule has 2 aromatic rings. The van der Waals surface area contributed by atoms with Crippen LogP contribution >= 0.6 is 23.5 Å². The Morgan fingerprint density at radius 2 is 2.08 bits per heavy atom. The molecule has 0 saturated carbocycles. The van der Waals surface area contributed by atoms with Crippen molar-refractivity contribution in [2.24, 2.45) is 0 Å². The monoisotopic (exact) mass is 376 g/mol. The molecule has 0 saturated heterocycles. The van der Waals surface area contributed by atoms with E-state index in [2.05, 4.69) is 46.1 Å². The van der Waals surface area contributed by atoms with Gasteiger partial charge in [0.1, 0.15) is 10.4 Å². The fourth-order valence-electron chi connectivity index (χ4n) is 2.88. The highest BCUT2D eigenvalue weighted by molar-refractivity contribution is 8.07. The van der Waals surface area contributed by atoms with Crippen LogP contribution in [0, 0.1) is 0 Å². The van der Waals surface area contributed by atoms with E-state index in [1.54, 1.807) is 29.6 Å². The summed E-state index contributed by atoms with van der Waals surface area (Å²) in [6, 6.07) is 5.55. The molecule has 0 amide bonds. The third-order valence-corrected chi connectivity index (χ3v) is 6.20. The summed E-state index contributed by atoms with van der Waals surface area (Å²) < 4.78 is 7.67. The zero-order valence-electron chi connectivity index (χ0n) is 14.6. The Kier molecular flexibility index (Phi) is 3.92. The van der Waals surface area contributed by atoms with E-state index in [9.17, 15) is 5.11 Å². The Labute approximate surface area is 155 Å². The Bertz CT molecular complexity index is 857. The Morgan fingerprint density at radius 3 is 2.80 bits per heavy atom. The van der Waals surface area contributed by atoms with E-state index in [0.29, 0.717) is 12.4 Å². The van der Waals surface area contributed by atoms with Crippen LogP contribution in [0.25, 0.3) is 0 Å². The van der Waals surface area contributed by atoms with Crippen molar-refractivity contribution in [1.29, 1.82) is 0 Å². The second kappa shape index (κ2) is 5.88. The molecule has 25 heavy (non-hydrogen) atoms. The summed E-state index contributed by atoms with van der Waals surface area (Å²) in [5, 5.41) is 25.2. The number of nitrogens with zero attached hydrogens (tertiary/aromatic N) is 4. The molecule has 8 heteroatoms. The van der Waals surface area contributed by atoms with Crippen LogP contribution in [0.2, 0.25) is 0 Å². The van der Waals surface area contributed by atoms with Gasteiger partial charge in [-0.1, -0.05) is 38.6 Å². The van der Waals surface area contributed by atoms with Crippen molar-refractivity contribution in [2.45, 2.75) is 43.6 Å². The predicted molar refractivity (Wildman–Crippen MR) is 100 cm³/mol. The predicted octanol–water partition coefficient (Wildman–Crippen LogP) is 3.97. The maximum Gasteiger partial charge on any atom is 0.216 e. The maximum atomic E-state index is 9.98. The lowest BCUT2D eigenvalue weighted by Crippen LogP contribution is -2.34. The van der Waals surface area contributed by atoms with Crippen LogP contribution in [0.15, 0.2) is 33.8 Å². The molecule has 2 aliphatic rings. The quantitative estimate of drug-likeness (QED) is 0.869. The second-order valence-electron chi connectivity index (χ2n) is 6.92. The van der Waals surface area contributed by atoms with Gasteiger partial charge in [-0.05, 0) is 36.4 Å². The molecule has 1 aromatic carbocycles. The second-order valence-corrected chi connectivity index (χ2v) is 8.86. The first-order valence-electron chi connectivity index (χ1n) is 8.14. The molecular weight excluding hydrogens is 356 g/mol. The summed E-state index contributed by atoms with van der Waals surface area (Å²) in [6.07, 6.45) is 0. The molecule has 1 aromatic heterocycles. The highest BCUT2D eigenvalue weighted by atomic mass is 32.2. The first-order valence-corrected chi connectivity index (χ1v) is 9.90. The van der Waals surface area contributed by atoms with Crippen molar-refractivity contribution in [2.75, 3.05) is 11.6 Å². The summed E-state index contributed by atoms with van der Waals surface area (Å²) >= 11 is 3.37. The highest BCUT2D eigenvalue weighted by Crippen LogP contribution is 2.52. The van der Waals surface area contributed by atoms with Crippen LogP contribution in [0.4, 0.5) is 0 Å². The fourth-order valence-corrected chi connectivity index (χ4v) is 5.10. The first-order chi connectivity index (χ1) is 11.9. The van der Waals surface area contributed by atoms with Crippen molar-refractivity contribution in [3.63, 3.8) is 0 Å². The van der Waals surface area contributed by atoms with Gasteiger partial charge in [0.2, 0.25) is 5.16 Å². The van der Waals surface area contributed by atoms with Crippen molar-refractivity contribution in [3.8, 4) is 11.5 Å². The summed E-state index contributed by atoms with van der Waals surface area (Å²) in [7, 11) is 0. The Morgan fingerprint density at radius 1 is 1.28 bits per heavy atom. The smallest absolute Gasteiger partial charge is 0.216 e. The van der Waals surface area contributed by atoms with Gasteiger partial charge < -0.3 is 9.84 Å². The van der Waals surface area contributed by atoms with Crippen LogP contribution < -0.4 is 9.75 Å². The van der Waals surface area contributed by atoms with Crippen LogP contribution in [-0.4, -0.2) is 26.6 Å². The van der Waals surface area contributed by atoms with Crippen molar-refractivity contribution >= 4 is 23.5 Å². The molecule has 6 nitrogen and oxygen atoms in total. The number of thioether (sulfide) groups is 2. The molecule has 132 valence electrons. The van der Waals surface area contributed by atoms with E-state index >= 15 is 0 Å². The van der Waals surface area contributed by atoms with Gasteiger partial charge in [-0.15, -0.1) is 10.2 Å². The first kappa shape index (κ1) is 16.7. The number of hydrogen-bond acceptors (Lipinski definition) is 7. The molecule has 3 heterocycles. The molecule has 0 radical (unpaired) electrons. The van der Waals surface area contributed by atoms with E-state index in [1.165, 1.54) is 0 Å². The SMILES string of the molecule is CCOc1cc(C2SC=C3Sc4nnc(C(C)(C)C)n4N32)ccc1O. The minimum absolute atomic E-state index is 0.0562. The van der Waals surface area contributed by atoms with Crippen LogP contribution in [0.5, 0.6) is 11.5 Å². The van der Waals surface area contributed by atoms with Crippen molar-refractivity contribution in [1.82, 2.24) is 14.9 Å². The number of aromatic hydroxyl groups is 1. The topological polar surface area (TPSA) is 63.4 Å². The van der Waals surface area contributed by atoms with Gasteiger partial charge in [-0.3, -0.25) is 5.01 Å². The van der Waals surface area contributed by atoms with Crippen LogP contribution in [-0.2, 0) is 5.41 Å². The average Bonchev–Trinajstić information content (AvgIpc) is 3.19. The number of benzene rings is 1. The third-order valence-electron chi connectivity index (χ3n) is 4.01. The molecule has 2 aliphatic heterocycles. The number of phenolic OH excluding ortho intramolecular Hbond substituents is 1. The molecule has 0 fully saturated rings. The summed E-state index contributed by atoms with van der Waals surface area (Å²) in [6.45, 7) is 8.85. The number of hydrogen-bond donors (Lipinski definition) is 1.